The molecular weight excluding hydrogens is 571 g/mol. The Morgan fingerprint density at radius 2 is 1.88 bits per heavy atom. The van der Waals surface area contributed by atoms with Crippen molar-refractivity contribution >= 4 is 61.6 Å². The molecule has 1 N–H and O–H groups in total. The number of amides is 1. The Balaban J connectivity index is 1.69. The molecule has 0 aromatic heterocycles. The molecule has 0 aliphatic carbocycles. The fourth-order valence-electron chi connectivity index (χ4n) is 2.46. The van der Waals surface area contributed by atoms with Gasteiger partial charge in [-0.3, -0.25) is 4.79 Å². The van der Waals surface area contributed by atoms with Crippen molar-refractivity contribution in [3.05, 3.63) is 91.6 Å². The average molecular weight is 585 g/mol. The van der Waals surface area contributed by atoms with Gasteiger partial charge in [-0.1, -0.05) is 45.7 Å². The molecule has 0 saturated carbocycles. The van der Waals surface area contributed by atoms with Crippen molar-refractivity contribution in [3.63, 3.8) is 0 Å². The van der Waals surface area contributed by atoms with Crippen LogP contribution in [0.2, 0.25) is 5.02 Å². The highest BCUT2D eigenvalue weighted by atomic mass is 79.9. The number of hydrazone groups is 1. The molecule has 0 bridgehead atoms. The molecule has 1 amide bonds. The number of nitrogens with zero attached hydrogens (tertiary/aromatic N) is 1. The topological polar surface area (TPSA) is 77.0 Å². The van der Waals surface area contributed by atoms with Gasteiger partial charge in [-0.15, -0.1) is 0 Å². The van der Waals surface area contributed by atoms with Crippen LogP contribution in [0.1, 0.15) is 15.9 Å². The van der Waals surface area contributed by atoms with Gasteiger partial charge in [0.15, 0.2) is 12.4 Å². The number of rotatable bonds is 7. The first-order valence-electron chi connectivity index (χ1n) is 8.99. The Kier molecular flexibility index (Phi) is 8.38. The highest BCUT2D eigenvalue weighted by Gasteiger charge is 2.16. The third-order valence-corrected chi connectivity index (χ3v) is 5.24. The van der Waals surface area contributed by atoms with E-state index in [-0.39, 0.29) is 17.9 Å². The molecule has 0 aliphatic rings. The van der Waals surface area contributed by atoms with Crippen molar-refractivity contribution in [3.8, 4) is 11.5 Å². The number of carbonyl (C=O) groups is 2. The maximum absolute atomic E-state index is 13.4. The number of halogens is 4. The van der Waals surface area contributed by atoms with E-state index in [0.29, 0.717) is 25.3 Å². The second-order valence-corrected chi connectivity index (χ2v) is 8.40. The number of hydrogen-bond donors (Lipinski definition) is 1. The smallest absolute Gasteiger partial charge is 0.343 e. The fraction of sp³-hybridized carbons (Fsp3) is 0.0455. The third kappa shape index (κ3) is 6.62. The quantitative estimate of drug-likeness (QED) is 0.166. The van der Waals surface area contributed by atoms with Gasteiger partial charge in [0.25, 0.3) is 5.91 Å². The number of esters is 1. The molecule has 10 heteroatoms. The Bertz CT molecular complexity index is 1190. The second-order valence-electron chi connectivity index (χ2n) is 6.22. The van der Waals surface area contributed by atoms with Crippen molar-refractivity contribution in [2.24, 2.45) is 5.10 Å². The summed E-state index contributed by atoms with van der Waals surface area (Å²) in [5, 5.41) is 4.26. The first kappa shape index (κ1) is 23.9. The Labute approximate surface area is 204 Å². The van der Waals surface area contributed by atoms with Crippen LogP contribution in [0.25, 0.3) is 0 Å². The molecule has 0 radical (unpaired) electrons. The highest BCUT2D eigenvalue weighted by molar-refractivity contribution is 9.11. The molecule has 0 atom stereocenters. The molecule has 0 unspecified atom stereocenters. The Hall–Kier alpha value is -2.75. The molecule has 32 heavy (non-hydrogen) atoms. The van der Waals surface area contributed by atoms with Gasteiger partial charge in [0.1, 0.15) is 11.6 Å². The molecule has 164 valence electrons. The first-order chi connectivity index (χ1) is 15.3. The van der Waals surface area contributed by atoms with E-state index in [1.165, 1.54) is 24.4 Å². The third-order valence-electron chi connectivity index (χ3n) is 3.88. The van der Waals surface area contributed by atoms with Gasteiger partial charge in [-0.25, -0.2) is 14.6 Å². The SMILES string of the molecule is O=C(COc1ccccc1Cl)N/N=C\c1cc(Br)cc(Br)c1OC(=O)c1cccc(F)c1. The van der Waals surface area contributed by atoms with Crippen LogP contribution in [0.5, 0.6) is 11.5 Å². The number of carbonyl (C=O) groups excluding carboxylic acids is 2. The lowest BCUT2D eigenvalue weighted by atomic mass is 10.2. The number of benzene rings is 3. The molecule has 0 aliphatic heterocycles. The van der Waals surface area contributed by atoms with E-state index in [9.17, 15) is 14.0 Å². The lowest BCUT2D eigenvalue weighted by Crippen LogP contribution is -2.24. The average Bonchev–Trinajstić information content (AvgIpc) is 2.75. The van der Waals surface area contributed by atoms with E-state index in [1.54, 1.807) is 36.4 Å². The number of ether oxygens (including phenoxy) is 2. The summed E-state index contributed by atoms with van der Waals surface area (Å²) in [5.41, 5.74) is 2.75. The van der Waals surface area contributed by atoms with E-state index in [1.807, 2.05) is 0 Å². The van der Waals surface area contributed by atoms with Crippen LogP contribution in [0.3, 0.4) is 0 Å². The van der Waals surface area contributed by atoms with Gasteiger partial charge in [0, 0.05) is 10.0 Å². The van der Waals surface area contributed by atoms with Gasteiger partial charge in [-0.2, -0.15) is 5.10 Å². The molecule has 0 saturated heterocycles. The molecule has 3 aromatic carbocycles. The van der Waals surface area contributed by atoms with Gasteiger partial charge in [0.05, 0.1) is 21.3 Å². The number of para-hydroxylation sites is 1. The van der Waals surface area contributed by atoms with Gasteiger partial charge < -0.3 is 9.47 Å². The molecular formula is C22H14Br2ClFN2O4. The summed E-state index contributed by atoms with van der Waals surface area (Å²) in [7, 11) is 0. The number of hydrogen-bond acceptors (Lipinski definition) is 5. The predicted octanol–water partition coefficient (Wildman–Crippen LogP) is 5.75. The molecule has 3 rings (SSSR count). The molecule has 0 spiro atoms. The second kappa shape index (κ2) is 11.2. The summed E-state index contributed by atoms with van der Waals surface area (Å²) in [4.78, 5) is 24.4. The molecule has 0 fully saturated rings. The molecule has 0 heterocycles. The summed E-state index contributed by atoms with van der Waals surface area (Å²) >= 11 is 12.6. The fourth-order valence-corrected chi connectivity index (χ4v) is 3.99. The van der Waals surface area contributed by atoms with Crippen molar-refractivity contribution in [1.82, 2.24) is 5.43 Å². The van der Waals surface area contributed by atoms with Crippen LogP contribution in [-0.4, -0.2) is 24.7 Å². The maximum Gasteiger partial charge on any atom is 0.343 e. The van der Waals surface area contributed by atoms with E-state index in [2.05, 4.69) is 42.4 Å². The van der Waals surface area contributed by atoms with Crippen LogP contribution >= 0.6 is 43.5 Å². The Morgan fingerprint density at radius 3 is 2.62 bits per heavy atom. The van der Waals surface area contributed by atoms with Gasteiger partial charge >= 0.3 is 5.97 Å². The molecule has 6 nitrogen and oxygen atoms in total. The van der Waals surface area contributed by atoms with Crippen LogP contribution in [-0.2, 0) is 4.79 Å². The summed E-state index contributed by atoms with van der Waals surface area (Å²) in [6, 6.07) is 15.2. The highest BCUT2D eigenvalue weighted by Crippen LogP contribution is 2.32. The minimum absolute atomic E-state index is 0.0488. The van der Waals surface area contributed by atoms with Crippen molar-refractivity contribution in [1.29, 1.82) is 0 Å². The van der Waals surface area contributed by atoms with Crippen LogP contribution < -0.4 is 14.9 Å². The predicted molar refractivity (Wildman–Crippen MR) is 126 cm³/mol. The summed E-state index contributed by atoms with van der Waals surface area (Å²) in [5.74, 6) is -1.31. The largest absolute Gasteiger partial charge is 0.482 e. The maximum atomic E-state index is 13.4. The summed E-state index contributed by atoms with van der Waals surface area (Å²) in [6.45, 7) is -0.301. The van der Waals surface area contributed by atoms with Gasteiger partial charge in [-0.05, 0) is 58.4 Å². The van der Waals surface area contributed by atoms with E-state index in [4.69, 9.17) is 21.1 Å². The minimum Gasteiger partial charge on any atom is -0.482 e. The lowest BCUT2D eigenvalue weighted by Gasteiger charge is -2.11. The normalized spacial score (nSPS) is 10.8. The minimum atomic E-state index is -0.751. The van der Waals surface area contributed by atoms with Crippen LogP contribution in [0.4, 0.5) is 4.39 Å². The van der Waals surface area contributed by atoms with E-state index < -0.39 is 17.7 Å². The van der Waals surface area contributed by atoms with E-state index in [0.717, 1.165) is 6.07 Å². The monoisotopic (exact) mass is 582 g/mol. The zero-order chi connectivity index (χ0) is 23.1. The van der Waals surface area contributed by atoms with Crippen molar-refractivity contribution in [2.45, 2.75) is 0 Å². The zero-order valence-corrected chi connectivity index (χ0v) is 20.1. The number of nitrogens with one attached hydrogen (secondary N) is 1. The van der Waals surface area contributed by atoms with Crippen LogP contribution in [0, 0.1) is 5.82 Å². The van der Waals surface area contributed by atoms with Crippen molar-refractivity contribution in [2.75, 3.05) is 6.61 Å². The first-order valence-corrected chi connectivity index (χ1v) is 11.0. The van der Waals surface area contributed by atoms with Crippen molar-refractivity contribution < 1.29 is 23.5 Å². The zero-order valence-electron chi connectivity index (χ0n) is 16.2. The summed E-state index contributed by atoms with van der Waals surface area (Å²) < 4.78 is 25.3. The summed E-state index contributed by atoms with van der Waals surface area (Å²) in [6.07, 6.45) is 1.30. The van der Waals surface area contributed by atoms with E-state index >= 15 is 0 Å². The standard InChI is InChI=1S/C22H14Br2ClFN2O4/c23-15-8-14(11-27-28-20(29)12-31-19-7-2-1-6-18(19)25)21(17(24)10-15)32-22(30)13-4-3-5-16(26)9-13/h1-11H,12H2,(H,28,29)/b27-11-. The van der Waals surface area contributed by atoms with Crippen LogP contribution in [0.15, 0.2) is 74.7 Å². The Morgan fingerprint density at radius 1 is 1.09 bits per heavy atom. The lowest BCUT2D eigenvalue weighted by molar-refractivity contribution is -0.123. The molecule has 3 aromatic rings. The van der Waals surface area contributed by atoms with Gasteiger partial charge in [0.2, 0.25) is 0 Å².